The van der Waals surface area contributed by atoms with Crippen molar-refractivity contribution in [1.82, 2.24) is 5.32 Å². The Balaban J connectivity index is 2.40. The van der Waals surface area contributed by atoms with Crippen molar-refractivity contribution < 1.29 is 33.8 Å². The molecule has 0 spiro atoms. The molecule has 11 heteroatoms. The van der Waals surface area contributed by atoms with E-state index in [9.17, 15) is 19.2 Å². The lowest BCUT2D eigenvalue weighted by molar-refractivity contribution is -0.140. The molecule has 33 heavy (non-hydrogen) atoms. The van der Waals surface area contributed by atoms with Crippen molar-refractivity contribution in [1.29, 1.82) is 5.41 Å². The number of hydrogen-bond donors (Lipinski definition) is 3. The molecule has 11 nitrogen and oxygen atoms in total. The molecule has 0 unspecified atom stereocenters. The minimum atomic E-state index is -1.25. The van der Waals surface area contributed by atoms with Crippen LogP contribution in [0.3, 0.4) is 0 Å². The number of anilines is 2. The van der Waals surface area contributed by atoms with Gasteiger partial charge in [0.25, 0.3) is 0 Å². The van der Waals surface area contributed by atoms with Crippen LogP contribution in [-0.4, -0.2) is 52.9 Å². The first-order chi connectivity index (χ1) is 15.1. The fourth-order valence-electron chi connectivity index (χ4n) is 3.08. The number of carboxylic acid groups (broad SMARTS) is 1. The van der Waals surface area contributed by atoms with E-state index in [0.29, 0.717) is 18.7 Å². The van der Waals surface area contributed by atoms with E-state index in [1.54, 1.807) is 53.7 Å². The number of rotatable bonds is 3. The lowest BCUT2D eigenvalue weighted by Gasteiger charge is -2.28. The van der Waals surface area contributed by atoms with E-state index in [1.165, 1.54) is 11.0 Å². The van der Waals surface area contributed by atoms with Crippen molar-refractivity contribution in [2.45, 2.75) is 65.6 Å². The van der Waals surface area contributed by atoms with Gasteiger partial charge in [-0.1, -0.05) is 6.07 Å². The first-order valence-corrected chi connectivity index (χ1v) is 10.3. The van der Waals surface area contributed by atoms with E-state index >= 15 is 0 Å². The molecule has 0 atom stereocenters. The van der Waals surface area contributed by atoms with Gasteiger partial charge < -0.3 is 19.5 Å². The number of fused-ring (bicyclic) bond motifs is 1. The molecular weight excluding hydrogens is 432 g/mol. The number of guanidine groups is 1. The Morgan fingerprint density at radius 3 is 2.24 bits per heavy atom. The van der Waals surface area contributed by atoms with Gasteiger partial charge in [-0.15, -0.1) is 0 Å². The molecule has 0 saturated heterocycles. The molecule has 0 radical (unpaired) electrons. The molecular formula is C22H30N4O7. The first kappa shape index (κ1) is 25.6. The summed E-state index contributed by atoms with van der Waals surface area (Å²) in [5.41, 5.74) is -0.341. The molecule has 180 valence electrons. The topological polar surface area (TPSA) is 149 Å². The molecule has 3 N–H and O–H groups in total. The van der Waals surface area contributed by atoms with Crippen LogP contribution in [0.2, 0.25) is 0 Å². The van der Waals surface area contributed by atoms with Crippen molar-refractivity contribution >= 4 is 41.4 Å². The summed E-state index contributed by atoms with van der Waals surface area (Å²) in [6.07, 6.45) is -2.01. The Hall–Kier alpha value is -3.63. The molecule has 3 amide bonds. The highest BCUT2D eigenvalue weighted by Crippen LogP contribution is 2.33. The fourth-order valence-corrected chi connectivity index (χ4v) is 3.08. The average molecular weight is 463 g/mol. The molecule has 1 heterocycles. The molecule has 0 fully saturated rings. The predicted octanol–water partition coefficient (Wildman–Crippen LogP) is 3.25. The van der Waals surface area contributed by atoms with Gasteiger partial charge in [-0.2, -0.15) is 0 Å². The van der Waals surface area contributed by atoms with Gasteiger partial charge in [0, 0.05) is 12.2 Å². The predicted molar refractivity (Wildman–Crippen MR) is 121 cm³/mol. The highest BCUT2D eigenvalue weighted by molar-refractivity contribution is 6.16. The van der Waals surface area contributed by atoms with Crippen molar-refractivity contribution in [3.8, 4) is 0 Å². The summed E-state index contributed by atoms with van der Waals surface area (Å²) in [6, 6.07) is 4.72. The van der Waals surface area contributed by atoms with Gasteiger partial charge >= 0.3 is 18.2 Å². The number of carbonyl (C=O) groups excluding carboxylic acids is 3. The van der Waals surface area contributed by atoms with Gasteiger partial charge in [0.15, 0.2) is 0 Å². The Morgan fingerprint density at radius 1 is 1.09 bits per heavy atom. The monoisotopic (exact) mass is 462 g/mol. The number of alkyl carbamates (subject to hydrolysis) is 1. The molecule has 1 aliphatic heterocycles. The maximum Gasteiger partial charge on any atom is 0.421 e. The van der Waals surface area contributed by atoms with Crippen LogP contribution in [0.1, 0.15) is 53.5 Å². The molecule has 0 saturated carbocycles. The largest absolute Gasteiger partial charge is 0.481 e. The number of benzene rings is 1. The molecule has 1 aromatic rings. The van der Waals surface area contributed by atoms with Crippen LogP contribution in [0.15, 0.2) is 18.2 Å². The van der Waals surface area contributed by atoms with Crippen LogP contribution in [0, 0.1) is 5.41 Å². The van der Waals surface area contributed by atoms with Gasteiger partial charge in [-0.3, -0.25) is 20.3 Å². The number of amides is 3. The van der Waals surface area contributed by atoms with Crippen LogP contribution in [0.5, 0.6) is 0 Å². The zero-order chi connectivity index (χ0) is 25.1. The van der Waals surface area contributed by atoms with Gasteiger partial charge in [0.05, 0.1) is 5.69 Å². The number of carboxylic acids is 1. The van der Waals surface area contributed by atoms with Gasteiger partial charge in [-0.05, 0) is 65.7 Å². The third-order valence-corrected chi connectivity index (χ3v) is 4.25. The Kier molecular flexibility index (Phi) is 7.36. The van der Waals surface area contributed by atoms with Crippen molar-refractivity contribution in [3.63, 3.8) is 0 Å². The SMILES string of the molecule is CC(C)(C)OC(=O)NC(=N)N(C(=O)OC(C)(C)C)c1ccc2c(c1)N(C(=O)CC(=O)O)CC2. The summed E-state index contributed by atoms with van der Waals surface area (Å²) < 4.78 is 10.6. The second-order valence-corrected chi connectivity index (χ2v) is 9.47. The third-order valence-electron chi connectivity index (χ3n) is 4.25. The summed E-state index contributed by atoms with van der Waals surface area (Å²) in [4.78, 5) is 50.6. The minimum absolute atomic E-state index is 0.152. The van der Waals surface area contributed by atoms with E-state index in [1.807, 2.05) is 0 Å². The van der Waals surface area contributed by atoms with Crippen LogP contribution in [-0.2, 0) is 25.5 Å². The molecule has 1 aliphatic rings. The van der Waals surface area contributed by atoms with Crippen LogP contribution in [0.25, 0.3) is 0 Å². The van der Waals surface area contributed by atoms with E-state index < -0.39 is 47.6 Å². The van der Waals surface area contributed by atoms with Crippen molar-refractivity contribution in [2.75, 3.05) is 16.3 Å². The molecule has 0 bridgehead atoms. The number of ether oxygens (including phenoxy) is 2. The Morgan fingerprint density at radius 2 is 1.70 bits per heavy atom. The molecule has 1 aromatic carbocycles. The zero-order valence-corrected chi connectivity index (χ0v) is 19.6. The van der Waals surface area contributed by atoms with E-state index in [-0.39, 0.29) is 5.69 Å². The van der Waals surface area contributed by atoms with Crippen LogP contribution >= 0.6 is 0 Å². The Labute approximate surface area is 192 Å². The van der Waals surface area contributed by atoms with E-state index in [2.05, 4.69) is 5.32 Å². The standard InChI is InChI=1S/C22H30N4O7/c1-21(2,3)32-19(30)24-18(23)26(20(31)33-22(4,5)6)14-8-7-13-9-10-25(15(13)11-14)16(27)12-17(28)29/h7-8,11H,9-10,12H2,1-6H3,(H,28,29)(H2,23,24,30). The molecule has 0 aliphatic carbocycles. The van der Waals surface area contributed by atoms with Gasteiger partial charge in [0.2, 0.25) is 11.9 Å². The zero-order valence-electron chi connectivity index (χ0n) is 19.6. The summed E-state index contributed by atoms with van der Waals surface area (Å²) in [5.74, 6) is -2.45. The highest BCUT2D eigenvalue weighted by atomic mass is 16.6. The maximum atomic E-state index is 12.9. The minimum Gasteiger partial charge on any atom is -0.481 e. The summed E-state index contributed by atoms with van der Waals surface area (Å²) in [6.45, 7) is 10.2. The highest BCUT2D eigenvalue weighted by Gasteiger charge is 2.32. The lowest BCUT2D eigenvalue weighted by Crippen LogP contribution is -2.49. The quantitative estimate of drug-likeness (QED) is 0.354. The fraction of sp³-hybridized carbons (Fsp3) is 0.500. The van der Waals surface area contributed by atoms with Gasteiger partial charge in [-0.25, -0.2) is 14.5 Å². The lowest BCUT2D eigenvalue weighted by atomic mass is 10.1. The molecule has 2 rings (SSSR count). The number of hydrogen-bond acceptors (Lipinski definition) is 7. The second-order valence-electron chi connectivity index (χ2n) is 9.47. The summed E-state index contributed by atoms with van der Waals surface area (Å²) >= 11 is 0. The van der Waals surface area contributed by atoms with E-state index in [0.717, 1.165) is 10.5 Å². The smallest absolute Gasteiger partial charge is 0.421 e. The van der Waals surface area contributed by atoms with Gasteiger partial charge in [0.1, 0.15) is 17.6 Å². The van der Waals surface area contributed by atoms with Crippen LogP contribution < -0.4 is 15.1 Å². The van der Waals surface area contributed by atoms with Crippen molar-refractivity contribution in [3.05, 3.63) is 23.8 Å². The van der Waals surface area contributed by atoms with Crippen molar-refractivity contribution in [2.24, 2.45) is 0 Å². The second kappa shape index (κ2) is 9.47. The average Bonchev–Trinajstić information content (AvgIpc) is 3.01. The Bertz CT molecular complexity index is 976. The number of aliphatic carboxylic acids is 1. The third kappa shape index (κ3) is 7.19. The maximum absolute atomic E-state index is 12.9. The van der Waals surface area contributed by atoms with E-state index in [4.69, 9.17) is 20.0 Å². The summed E-state index contributed by atoms with van der Waals surface area (Å²) in [5, 5.41) is 19.5. The first-order valence-electron chi connectivity index (χ1n) is 10.3. The van der Waals surface area contributed by atoms with Crippen LogP contribution in [0.4, 0.5) is 21.0 Å². The normalized spacial score (nSPS) is 13.1. The summed E-state index contributed by atoms with van der Waals surface area (Å²) in [7, 11) is 0. The molecule has 0 aromatic heterocycles. The number of nitrogens with zero attached hydrogens (tertiary/aromatic N) is 2. The number of nitrogens with one attached hydrogen (secondary N) is 2. The number of carbonyl (C=O) groups is 4.